The molecule has 2 atom stereocenters. The number of rotatable bonds is 18. The molecular formula is C114H80N6. The van der Waals surface area contributed by atoms with Crippen molar-refractivity contribution in [3.8, 4) is 67.0 Å². The summed E-state index contributed by atoms with van der Waals surface area (Å²) in [5, 5.41) is 4.59. The van der Waals surface area contributed by atoms with E-state index in [1.807, 2.05) is 0 Å². The highest BCUT2D eigenvalue weighted by Gasteiger charge is 2.39. The van der Waals surface area contributed by atoms with E-state index in [-0.39, 0.29) is 12.0 Å². The average molecular weight is 1530 g/mol. The summed E-state index contributed by atoms with van der Waals surface area (Å²) in [5.41, 5.74) is 33.4. The smallest absolute Gasteiger partial charge is 0.0630 e. The fraction of sp³-hybridized carbons (Fsp3) is 0.0175. The van der Waals surface area contributed by atoms with Crippen molar-refractivity contribution in [2.45, 2.75) is 12.0 Å². The van der Waals surface area contributed by atoms with E-state index in [1.165, 1.54) is 55.8 Å². The number of nitrogens with zero attached hydrogens (tertiary/aromatic N) is 6. The molecule has 1 aliphatic heterocycles. The van der Waals surface area contributed by atoms with E-state index < -0.39 is 0 Å². The molecule has 6 nitrogen and oxygen atoms in total. The monoisotopic (exact) mass is 1530 g/mol. The lowest BCUT2D eigenvalue weighted by Gasteiger charge is -2.33. The third-order valence-corrected chi connectivity index (χ3v) is 24.1. The normalized spacial score (nSPS) is 13.5. The van der Waals surface area contributed by atoms with E-state index in [9.17, 15) is 0 Å². The Bertz CT molecular complexity index is 6910. The number of fused-ring (bicyclic) bond motifs is 9. The van der Waals surface area contributed by atoms with Crippen molar-refractivity contribution < 1.29 is 0 Å². The zero-order valence-corrected chi connectivity index (χ0v) is 65.9. The van der Waals surface area contributed by atoms with Crippen molar-refractivity contribution in [1.82, 2.24) is 9.13 Å². The summed E-state index contributed by atoms with van der Waals surface area (Å²) in [6.45, 7) is 0. The molecule has 0 amide bonds. The molecule has 2 aromatic heterocycles. The van der Waals surface area contributed by atoms with Crippen molar-refractivity contribution >= 4 is 112 Å². The molecular weight excluding hydrogens is 1450 g/mol. The summed E-state index contributed by atoms with van der Waals surface area (Å²) in [5.74, 6) is 0.00802. The quantitative estimate of drug-likeness (QED) is 0.0854. The molecule has 6 heteroatoms. The van der Waals surface area contributed by atoms with E-state index in [4.69, 9.17) is 0 Å². The van der Waals surface area contributed by atoms with Gasteiger partial charge < -0.3 is 28.7 Å². The molecule has 120 heavy (non-hydrogen) atoms. The molecule has 20 aromatic rings. The maximum atomic E-state index is 2.55. The number of hydrogen-bond donors (Lipinski definition) is 0. The molecule has 2 unspecified atom stereocenters. The largest absolute Gasteiger partial charge is 0.333 e. The van der Waals surface area contributed by atoms with Gasteiger partial charge in [0.05, 0.1) is 45.2 Å². The van der Waals surface area contributed by atoms with E-state index in [0.29, 0.717) is 0 Å². The molecule has 0 fully saturated rings. The van der Waals surface area contributed by atoms with Crippen LogP contribution >= 0.6 is 0 Å². The Hall–Kier alpha value is -15.8. The molecule has 0 spiro atoms. The summed E-state index contributed by atoms with van der Waals surface area (Å²) in [4.78, 5) is 9.97. The Labute approximate surface area is 699 Å². The van der Waals surface area contributed by atoms with E-state index in [0.717, 1.165) is 134 Å². The summed E-state index contributed by atoms with van der Waals surface area (Å²) in [7, 11) is 0. The predicted molar refractivity (Wildman–Crippen MR) is 505 cm³/mol. The molecule has 0 N–H and O–H groups in total. The van der Waals surface area contributed by atoms with Crippen LogP contribution in [0.15, 0.2) is 473 Å². The fourth-order valence-corrected chi connectivity index (χ4v) is 18.5. The van der Waals surface area contributed by atoms with Crippen molar-refractivity contribution in [3.05, 3.63) is 484 Å². The first-order chi connectivity index (χ1) is 59.5. The second-order valence-electron chi connectivity index (χ2n) is 31.2. The Balaban J connectivity index is 0.764. The van der Waals surface area contributed by atoms with Crippen LogP contribution in [-0.2, 0) is 0 Å². The van der Waals surface area contributed by atoms with Gasteiger partial charge in [0.2, 0.25) is 0 Å². The van der Waals surface area contributed by atoms with Gasteiger partial charge in [-0.05, 0) is 242 Å². The van der Waals surface area contributed by atoms with Gasteiger partial charge in [0.1, 0.15) is 0 Å². The molecule has 566 valence electrons. The fourth-order valence-electron chi connectivity index (χ4n) is 18.5. The van der Waals surface area contributed by atoms with Gasteiger partial charge in [-0.25, -0.2) is 0 Å². The Kier molecular flexibility index (Phi) is 18.0. The van der Waals surface area contributed by atoms with Gasteiger partial charge in [0.25, 0.3) is 0 Å². The number of allylic oxidation sites excluding steroid dienone is 2. The molecule has 0 radical (unpaired) electrons. The summed E-state index contributed by atoms with van der Waals surface area (Å²) < 4.78 is 4.86. The zero-order valence-electron chi connectivity index (χ0n) is 65.9. The highest BCUT2D eigenvalue weighted by molar-refractivity contribution is 6.14. The van der Waals surface area contributed by atoms with Crippen LogP contribution in [0.3, 0.4) is 0 Å². The number of benzene rings is 18. The lowest BCUT2D eigenvalue weighted by Crippen LogP contribution is -2.28. The first kappa shape index (κ1) is 70.8. The number of para-hydroxylation sites is 6. The Morgan fingerprint density at radius 3 is 0.858 bits per heavy atom. The Morgan fingerprint density at radius 1 is 0.200 bits per heavy atom. The van der Waals surface area contributed by atoms with E-state index in [1.54, 1.807) is 0 Å². The second kappa shape index (κ2) is 30.5. The zero-order chi connectivity index (χ0) is 79.4. The minimum atomic E-state index is 0.00802. The van der Waals surface area contributed by atoms with Crippen LogP contribution in [-0.4, -0.2) is 15.2 Å². The van der Waals surface area contributed by atoms with Crippen LogP contribution in [0.4, 0.5) is 62.6 Å². The highest BCUT2D eigenvalue weighted by Crippen LogP contribution is 2.54. The van der Waals surface area contributed by atoms with Crippen LogP contribution in [0.1, 0.15) is 17.0 Å². The topological polar surface area (TPSA) is 22.8 Å². The van der Waals surface area contributed by atoms with Gasteiger partial charge in [0.15, 0.2) is 0 Å². The van der Waals surface area contributed by atoms with Crippen molar-refractivity contribution in [2.24, 2.45) is 0 Å². The van der Waals surface area contributed by atoms with E-state index in [2.05, 4.69) is 502 Å². The highest BCUT2D eigenvalue weighted by atomic mass is 15.2. The molecule has 3 heterocycles. The first-order valence-corrected chi connectivity index (χ1v) is 41.3. The van der Waals surface area contributed by atoms with Gasteiger partial charge in [-0.1, -0.05) is 303 Å². The van der Waals surface area contributed by atoms with Crippen LogP contribution in [0, 0.1) is 0 Å². The molecule has 0 bridgehead atoms. The van der Waals surface area contributed by atoms with Gasteiger partial charge in [-0.15, -0.1) is 0 Å². The predicted octanol–water partition coefficient (Wildman–Crippen LogP) is 30.9. The van der Waals surface area contributed by atoms with Crippen LogP contribution in [0.2, 0.25) is 0 Å². The third kappa shape index (κ3) is 13.0. The van der Waals surface area contributed by atoms with Crippen LogP contribution in [0.5, 0.6) is 0 Å². The standard InChI is InChI=1S/C114H80N6/c1-10-28-79(29-11-1)82-46-52-85(53-47-82)88-58-64-109-103(70-88)106-76-97(61-67-112(106)118(109)94-40-22-7-23-41-94)115(91-34-16-4-17-35-91)100-73-101(116(92-36-18-5-19-37-92)98-62-68-113-107(77-98)104-71-89(59-65-110(104)119(113)95-42-24-8-25-43-95)86-54-48-83(49-55-86)80-30-12-2-13-31-80)75-102(74-100)117(93-38-20-6-21-39-93)99-63-69-114-108(78-99)105-72-90(60-66-111(105)120(114)96-44-26-9-27-45-96)87-56-50-84(51-57-87)81-32-14-3-15-33-81/h1-78,103,109H. The number of aromatic nitrogens is 2. The Morgan fingerprint density at radius 2 is 0.483 bits per heavy atom. The van der Waals surface area contributed by atoms with Crippen LogP contribution < -0.4 is 19.6 Å². The lowest BCUT2D eigenvalue weighted by atomic mass is 9.86. The first-order valence-electron chi connectivity index (χ1n) is 41.3. The second-order valence-corrected chi connectivity index (χ2v) is 31.2. The molecule has 0 saturated carbocycles. The van der Waals surface area contributed by atoms with Gasteiger partial charge >= 0.3 is 0 Å². The summed E-state index contributed by atoms with van der Waals surface area (Å²) in [6.07, 6.45) is 7.29. The lowest BCUT2D eigenvalue weighted by molar-refractivity contribution is 0.747. The maximum Gasteiger partial charge on any atom is 0.0630 e. The summed E-state index contributed by atoms with van der Waals surface area (Å²) >= 11 is 0. The maximum absolute atomic E-state index is 2.55. The summed E-state index contributed by atoms with van der Waals surface area (Å²) in [6, 6.07) is 167. The van der Waals surface area contributed by atoms with Crippen molar-refractivity contribution in [3.63, 3.8) is 0 Å². The minimum absolute atomic E-state index is 0.00802. The van der Waals surface area contributed by atoms with Gasteiger partial charge in [0, 0.05) is 84.3 Å². The van der Waals surface area contributed by atoms with Crippen molar-refractivity contribution in [2.75, 3.05) is 19.6 Å². The van der Waals surface area contributed by atoms with Gasteiger partial charge in [-0.3, -0.25) is 0 Å². The molecule has 0 saturated heterocycles. The third-order valence-electron chi connectivity index (χ3n) is 24.1. The molecule has 18 aromatic carbocycles. The van der Waals surface area contributed by atoms with Crippen LogP contribution in [0.25, 0.3) is 116 Å². The average Bonchev–Trinajstić information content (AvgIpc) is 1.04. The van der Waals surface area contributed by atoms with Crippen molar-refractivity contribution in [1.29, 1.82) is 0 Å². The number of anilines is 11. The molecule has 1 aliphatic carbocycles. The van der Waals surface area contributed by atoms with E-state index >= 15 is 0 Å². The number of hydrogen-bond acceptors (Lipinski definition) is 4. The van der Waals surface area contributed by atoms with Gasteiger partial charge in [-0.2, -0.15) is 0 Å². The minimum Gasteiger partial charge on any atom is -0.333 e. The molecule has 22 rings (SSSR count). The SMILES string of the molecule is C1=CC2C(C=C1c1ccc(-c3ccccc3)cc1)c1cc(N(c3ccccc3)c3cc(N(c4ccccc4)c4ccc5c(c4)c4cc(-c6ccc(-c7ccccc7)cc6)ccc4n5-c4ccccc4)cc(N(c4ccccc4)c4ccc5c(c4)c4cc(-c6ccc(-c7ccccc7)cc6)ccc4n5-c4ccccc4)c3)ccc1N2c1ccccc1. The molecule has 2 aliphatic rings.